The minimum absolute atomic E-state index is 0.145. The first-order valence-electron chi connectivity index (χ1n) is 8.44. The summed E-state index contributed by atoms with van der Waals surface area (Å²) in [7, 11) is 3.21. The van der Waals surface area contributed by atoms with E-state index in [1.54, 1.807) is 14.2 Å². The summed E-state index contributed by atoms with van der Waals surface area (Å²) in [6, 6.07) is 3.94. The van der Waals surface area contributed by atoms with Gasteiger partial charge in [-0.25, -0.2) is 0 Å². The van der Waals surface area contributed by atoms with Crippen molar-refractivity contribution in [3.8, 4) is 11.5 Å². The van der Waals surface area contributed by atoms with Crippen molar-refractivity contribution >= 4 is 11.9 Å². The molecule has 0 spiro atoms. The number of amides is 1. The minimum atomic E-state index is -0.984. The van der Waals surface area contributed by atoms with Crippen LogP contribution in [-0.4, -0.2) is 67.2 Å². The van der Waals surface area contributed by atoms with Crippen LogP contribution in [0.15, 0.2) is 12.1 Å². The van der Waals surface area contributed by atoms with Gasteiger partial charge in [0.15, 0.2) is 11.5 Å². The molecule has 7 heteroatoms. The number of methoxy groups -OCH3 is 2. The highest BCUT2D eigenvalue weighted by Crippen LogP contribution is 2.33. The molecule has 0 saturated heterocycles. The molecule has 0 atom stereocenters. The smallest absolute Gasteiger partial charge is 0.323 e. The van der Waals surface area contributed by atoms with E-state index in [2.05, 4.69) is 0 Å². The Bertz CT molecular complexity index is 632. The number of hydrogen-bond acceptors (Lipinski definition) is 5. The fraction of sp³-hybridized carbons (Fsp3) is 0.556. The quantitative estimate of drug-likeness (QED) is 0.763. The molecule has 0 radical (unpaired) electrons. The van der Waals surface area contributed by atoms with Gasteiger partial charge in [0, 0.05) is 19.6 Å². The maximum absolute atomic E-state index is 12.4. The lowest BCUT2D eigenvalue weighted by atomic mass is 9.99. The number of carbonyl (C=O) groups is 2. The summed E-state index contributed by atoms with van der Waals surface area (Å²) in [6.45, 7) is 3.75. The highest BCUT2D eigenvalue weighted by Gasteiger charge is 2.23. The summed E-state index contributed by atoms with van der Waals surface area (Å²) in [5, 5.41) is 8.97. The molecule has 1 aromatic rings. The number of carboxylic acid groups (broad SMARTS) is 1. The third-order valence-electron chi connectivity index (χ3n) is 4.33. The van der Waals surface area contributed by atoms with Gasteiger partial charge in [0.2, 0.25) is 5.91 Å². The molecule has 1 aliphatic heterocycles. The number of fused-ring (bicyclic) bond motifs is 1. The maximum Gasteiger partial charge on any atom is 0.323 e. The standard InChI is InChI=1S/C18H26N2O5/c1-4-6-20(12-18(22)23)17(21)11-19-7-5-13-8-15(24-2)16(25-3)9-14(13)10-19/h8-9H,4-7,10-12H2,1-3H3,(H,22,23). The molecule has 1 aromatic carbocycles. The number of benzene rings is 1. The Balaban J connectivity index is 2.06. The lowest BCUT2D eigenvalue weighted by Gasteiger charge is -2.31. The summed E-state index contributed by atoms with van der Waals surface area (Å²) in [6.07, 6.45) is 1.55. The Hall–Kier alpha value is -2.28. The van der Waals surface area contributed by atoms with Gasteiger partial charge in [0.1, 0.15) is 6.54 Å². The van der Waals surface area contributed by atoms with E-state index in [9.17, 15) is 9.59 Å². The van der Waals surface area contributed by atoms with E-state index in [1.165, 1.54) is 10.5 Å². The highest BCUT2D eigenvalue weighted by atomic mass is 16.5. The number of ether oxygens (including phenoxy) is 2. The summed E-state index contributed by atoms with van der Waals surface area (Å²) in [5.74, 6) is 0.255. The molecule has 0 saturated carbocycles. The normalized spacial score (nSPS) is 13.9. The number of aliphatic carboxylic acids is 1. The molecule has 1 aliphatic rings. The van der Waals surface area contributed by atoms with Gasteiger partial charge in [-0.2, -0.15) is 0 Å². The van der Waals surface area contributed by atoms with Crippen molar-refractivity contribution in [3.63, 3.8) is 0 Å². The minimum Gasteiger partial charge on any atom is -0.493 e. The van der Waals surface area contributed by atoms with Crippen LogP contribution in [-0.2, 0) is 22.6 Å². The second kappa shape index (κ2) is 8.71. The van der Waals surface area contributed by atoms with Crippen LogP contribution in [0.1, 0.15) is 24.5 Å². The van der Waals surface area contributed by atoms with Crippen LogP contribution in [0.4, 0.5) is 0 Å². The molecule has 2 rings (SSSR count). The average Bonchev–Trinajstić information content (AvgIpc) is 2.59. The summed E-state index contributed by atoms with van der Waals surface area (Å²) in [4.78, 5) is 26.8. The number of rotatable bonds is 8. The van der Waals surface area contributed by atoms with Gasteiger partial charge >= 0.3 is 5.97 Å². The van der Waals surface area contributed by atoms with E-state index in [0.29, 0.717) is 24.6 Å². The van der Waals surface area contributed by atoms with Crippen LogP contribution in [0, 0.1) is 0 Å². The Morgan fingerprint density at radius 1 is 1.20 bits per heavy atom. The fourth-order valence-corrected chi connectivity index (χ4v) is 3.09. The Kier molecular flexibility index (Phi) is 6.64. The number of carbonyl (C=O) groups excluding carboxylic acids is 1. The van der Waals surface area contributed by atoms with Crippen molar-refractivity contribution in [2.75, 3.05) is 40.4 Å². The monoisotopic (exact) mass is 350 g/mol. The predicted octanol–water partition coefficient (Wildman–Crippen LogP) is 1.39. The Labute approximate surface area is 148 Å². The van der Waals surface area contributed by atoms with Gasteiger partial charge in [-0.1, -0.05) is 6.92 Å². The Morgan fingerprint density at radius 2 is 1.84 bits per heavy atom. The SMILES string of the molecule is CCCN(CC(=O)O)C(=O)CN1CCc2cc(OC)c(OC)cc2C1. The van der Waals surface area contributed by atoms with E-state index in [4.69, 9.17) is 14.6 Å². The zero-order chi connectivity index (χ0) is 18.4. The summed E-state index contributed by atoms with van der Waals surface area (Å²) >= 11 is 0. The molecule has 7 nitrogen and oxygen atoms in total. The van der Waals surface area contributed by atoms with E-state index in [0.717, 1.165) is 24.9 Å². The van der Waals surface area contributed by atoms with E-state index in [1.807, 2.05) is 24.0 Å². The molecule has 0 aliphatic carbocycles. The van der Waals surface area contributed by atoms with Crippen molar-refractivity contribution in [2.45, 2.75) is 26.3 Å². The summed E-state index contributed by atoms with van der Waals surface area (Å²) < 4.78 is 10.7. The van der Waals surface area contributed by atoms with Gasteiger partial charge < -0.3 is 19.5 Å². The van der Waals surface area contributed by atoms with Crippen LogP contribution in [0.3, 0.4) is 0 Å². The zero-order valence-corrected chi connectivity index (χ0v) is 15.1. The maximum atomic E-state index is 12.4. The molecular formula is C18H26N2O5. The third kappa shape index (κ3) is 4.85. The first kappa shape index (κ1) is 19.1. The summed E-state index contributed by atoms with van der Waals surface area (Å²) in [5.41, 5.74) is 2.30. The van der Waals surface area contributed by atoms with Crippen molar-refractivity contribution in [2.24, 2.45) is 0 Å². The van der Waals surface area contributed by atoms with E-state index in [-0.39, 0.29) is 19.0 Å². The molecule has 1 N–H and O–H groups in total. The number of hydrogen-bond donors (Lipinski definition) is 1. The number of carboxylic acids is 1. The van der Waals surface area contributed by atoms with Gasteiger partial charge in [0.25, 0.3) is 0 Å². The van der Waals surface area contributed by atoms with Crippen LogP contribution in [0.5, 0.6) is 11.5 Å². The van der Waals surface area contributed by atoms with Crippen LogP contribution in [0.25, 0.3) is 0 Å². The molecule has 1 heterocycles. The fourth-order valence-electron chi connectivity index (χ4n) is 3.09. The lowest BCUT2D eigenvalue weighted by molar-refractivity contribution is -0.145. The largest absolute Gasteiger partial charge is 0.493 e. The van der Waals surface area contributed by atoms with Crippen molar-refractivity contribution in [1.29, 1.82) is 0 Å². The molecule has 1 amide bonds. The second-order valence-corrected chi connectivity index (χ2v) is 6.15. The van der Waals surface area contributed by atoms with Crippen molar-refractivity contribution in [3.05, 3.63) is 23.3 Å². The first-order valence-corrected chi connectivity index (χ1v) is 8.44. The molecule has 0 bridgehead atoms. The molecule has 0 aromatic heterocycles. The predicted molar refractivity (Wildman–Crippen MR) is 93.0 cm³/mol. The second-order valence-electron chi connectivity index (χ2n) is 6.15. The van der Waals surface area contributed by atoms with Gasteiger partial charge in [-0.3, -0.25) is 14.5 Å². The lowest BCUT2D eigenvalue weighted by Crippen LogP contribution is -2.44. The Morgan fingerprint density at radius 3 is 2.40 bits per heavy atom. The van der Waals surface area contributed by atoms with Gasteiger partial charge in [-0.05, 0) is 36.1 Å². The van der Waals surface area contributed by atoms with E-state index >= 15 is 0 Å². The zero-order valence-electron chi connectivity index (χ0n) is 15.1. The van der Waals surface area contributed by atoms with Crippen LogP contribution < -0.4 is 9.47 Å². The molecule has 0 unspecified atom stereocenters. The van der Waals surface area contributed by atoms with Crippen LogP contribution in [0.2, 0.25) is 0 Å². The number of nitrogens with zero attached hydrogens (tertiary/aromatic N) is 2. The van der Waals surface area contributed by atoms with Crippen molar-refractivity contribution in [1.82, 2.24) is 9.80 Å². The molecule has 0 fully saturated rings. The highest BCUT2D eigenvalue weighted by molar-refractivity contribution is 5.82. The first-order chi connectivity index (χ1) is 12.0. The third-order valence-corrected chi connectivity index (χ3v) is 4.33. The average molecular weight is 350 g/mol. The molecule has 138 valence electrons. The van der Waals surface area contributed by atoms with Crippen LogP contribution >= 0.6 is 0 Å². The molecular weight excluding hydrogens is 324 g/mol. The van der Waals surface area contributed by atoms with Gasteiger partial charge in [-0.15, -0.1) is 0 Å². The van der Waals surface area contributed by atoms with Crippen molar-refractivity contribution < 1.29 is 24.2 Å². The topological polar surface area (TPSA) is 79.3 Å². The van der Waals surface area contributed by atoms with E-state index < -0.39 is 5.97 Å². The van der Waals surface area contributed by atoms with Gasteiger partial charge in [0.05, 0.1) is 20.8 Å². The molecule has 25 heavy (non-hydrogen) atoms.